The largest absolute Gasteiger partial charge is 0.380 e. The Morgan fingerprint density at radius 2 is 1.82 bits per heavy atom. The molecule has 2 fully saturated rings. The molecule has 0 aromatic carbocycles. The fraction of sp³-hybridized carbons (Fsp3) is 1.00. The summed E-state index contributed by atoms with van der Waals surface area (Å²) in [4.78, 5) is 2.61. The van der Waals surface area contributed by atoms with Gasteiger partial charge in [0.1, 0.15) is 0 Å². The highest BCUT2D eigenvalue weighted by Gasteiger charge is 2.38. The molecule has 2 saturated heterocycles. The monoisotopic (exact) mass is 240 g/mol. The van der Waals surface area contributed by atoms with Crippen LogP contribution in [0.25, 0.3) is 0 Å². The molecule has 0 spiro atoms. The minimum absolute atomic E-state index is 0.304. The van der Waals surface area contributed by atoms with Crippen LogP contribution >= 0.6 is 0 Å². The van der Waals surface area contributed by atoms with Crippen molar-refractivity contribution in [1.82, 2.24) is 10.2 Å². The Labute approximate surface area is 106 Å². The lowest BCUT2D eigenvalue weighted by Gasteiger charge is -2.37. The highest BCUT2D eigenvalue weighted by molar-refractivity contribution is 4.94. The molecule has 2 rings (SSSR count). The van der Waals surface area contributed by atoms with Crippen molar-refractivity contribution in [1.29, 1.82) is 0 Å². The fourth-order valence-corrected chi connectivity index (χ4v) is 3.41. The lowest BCUT2D eigenvalue weighted by molar-refractivity contribution is 0.0813. The first-order valence-electron chi connectivity index (χ1n) is 7.10. The standard InChI is InChI=1S/C14H28N2O/c1-10(11(2)17-4)15-9-12-7-13-5-6-14(8-12)16(13)3/h10-15H,5-9H2,1-4H3. The summed E-state index contributed by atoms with van der Waals surface area (Å²) in [6, 6.07) is 2.17. The smallest absolute Gasteiger partial charge is 0.0693 e. The number of fused-ring (bicyclic) bond motifs is 2. The molecule has 100 valence electrons. The van der Waals surface area contributed by atoms with Crippen molar-refractivity contribution in [3.63, 3.8) is 0 Å². The Morgan fingerprint density at radius 3 is 2.35 bits per heavy atom. The number of hydrogen-bond acceptors (Lipinski definition) is 3. The Kier molecular flexibility index (Phi) is 4.45. The van der Waals surface area contributed by atoms with Gasteiger partial charge in [-0.15, -0.1) is 0 Å². The second-order valence-corrected chi connectivity index (χ2v) is 6.03. The van der Waals surface area contributed by atoms with Crippen LogP contribution in [0.4, 0.5) is 0 Å². The van der Waals surface area contributed by atoms with Gasteiger partial charge in [0.25, 0.3) is 0 Å². The first-order valence-corrected chi connectivity index (χ1v) is 7.10. The van der Waals surface area contributed by atoms with E-state index < -0.39 is 0 Å². The molecule has 1 N–H and O–H groups in total. The van der Waals surface area contributed by atoms with Gasteiger partial charge in [-0.3, -0.25) is 0 Å². The summed E-state index contributed by atoms with van der Waals surface area (Å²) in [6.07, 6.45) is 5.91. The molecule has 0 amide bonds. The number of nitrogens with one attached hydrogen (secondary N) is 1. The third-order valence-electron chi connectivity index (χ3n) is 5.00. The number of rotatable bonds is 5. The molecule has 2 aliphatic heterocycles. The number of ether oxygens (including phenoxy) is 1. The van der Waals surface area contributed by atoms with Gasteiger partial charge in [-0.05, 0) is 59.0 Å². The number of hydrogen-bond donors (Lipinski definition) is 1. The van der Waals surface area contributed by atoms with E-state index in [1.54, 1.807) is 7.11 Å². The Hall–Kier alpha value is -0.120. The predicted octanol–water partition coefficient (Wildman–Crippen LogP) is 1.87. The van der Waals surface area contributed by atoms with Crippen LogP contribution in [0.2, 0.25) is 0 Å². The summed E-state index contributed by atoms with van der Waals surface area (Å²) in [7, 11) is 4.10. The molecular weight excluding hydrogens is 212 g/mol. The molecule has 0 radical (unpaired) electrons. The molecule has 4 atom stereocenters. The van der Waals surface area contributed by atoms with E-state index in [2.05, 4.69) is 31.1 Å². The molecule has 0 aliphatic carbocycles. The first-order chi connectivity index (χ1) is 8.11. The van der Waals surface area contributed by atoms with E-state index in [0.717, 1.165) is 24.5 Å². The van der Waals surface area contributed by atoms with Crippen LogP contribution in [0, 0.1) is 5.92 Å². The topological polar surface area (TPSA) is 24.5 Å². The minimum Gasteiger partial charge on any atom is -0.380 e. The summed E-state index contributed by atoms with van der Waals surface area (Å²) >= 11 is 0. The van der Waals surface area contributed by atoms with E-state index in [0.29, 0.717) is 12.1 Å². The fourth-order valence-electron chi connectivity index (χ4n) is 3.41. The van der Waals surface area contributed by atoms with Crippen molar-refractivity contribution < 1.29 is 4.74 Å². The highest BCUT2D eigenvalue weighted by Crippen LogP contribution is 2.37. The molecule has 0 saturated carbocycles. The van der Waals surface area contributed by atoms with Crippen LogP contribution < -0.4 is 5.32 Å². The van der Waals surface area contributed by atoms with Crippen molar-refractivity contribution >= 4 is 0 Å². The second-order valence-electron chi connectivity index (χ2n) is 6.03. The van der Waals surface area contributed by atoms with Crippen LogP contribution in [-0.2, 0) is 4.74 Å². The molecule has 3 heteroatoms. The maximum atomic E-state index is 5.35. The quantitative estimate of drug-likeness (QED) is 0.794. The predicted molar refractivity (Wildman–Crippen MR) is 71.2 cm³/mol. The normalized spacial score (nSPS) is 37.1. The van der Waals surface area contributed by atoms with E-state index in [1.165, 1.54) is 25.7 Å². The van der Waals surface area contributed by atoms with Crippen molar-refractivity contribution in [3.8, 4) is 0 Å². The van der Waals surface area contributed by atoms with Gasteiger partial charge in [-0.2, -0.15) is 0 Å². The average Bonchev–Trinajstić information content (AvgIpc) is 2.57. The van der Waals surface area contributed by atoms with Crippen LogP contribution in [0.5, 0.6) is 0 Å². The minimum atomic E-state index is 0.304. The summed E-state index contributed by atoms with van der Waals surface area (Å²) in [5, 5.41) is 3.64. The lowest BCUT2D eigenvalue weighted by atomic mass is 9.91. The van der Waals surface area contributed by atoms with Crippen molar-refractivity contribution in [2.24, 2.45) is 5.92 Å². The molecule has 17 heavy (non-hydrogen) atoms. The Morgan fingerprint density at radius 1 is 1.24 bits per heavy atom. The zero-order chi connectivity index (χ0) is 12.4. The number of piperidine rings is 1. The van der Waals surface area contributed by atoms with Crippen molar-refractivity contribution in [3.05, 3.63) is 0 Å². The van der Waals surface area contributed by atoms with E-state index >= 15 is 0 Å². The highest BCUT2D eigenvalue weighted by atomic mass is 16.5. The van der Waals surface area contributed by atoms with Gasteiger partial charge in [0.05, 0.1) is 6.10 Å². The van der Waals surface area contributed by atoms with E-state index in [1.807, 2.05) is 0 Å². The average molecular weight is 240 g/mol. The van der Waals surface area contributed by atoms with Crippen LogP contribution in [0.15, 0.2) is 0 Å². The van der Waals surface area contributed by atoms with Crippen LogP contribution in [-0.4, -0.2) is 49.8 Å². The molecule has 0 aromatic rings. The summed E-state index contributed by atoms with van der Waals surface area (Å²) < 4.78 is 5.35. The maximum absolute atomic E-state index is 5.35. The summed E-state index contributed by atoms with van der Waals surface area (Å²) in [6.45, 7) is 5.52. The Balaban J connectivity index is 1.74. The Bertz CT molecular complexity index is 232. The molecule has 2 bridgehead atoms. The van der Waals surface area contributed by atoms with E-state index in [9.17, 15) is 0 Å². The first kappa shape index (κ1) is 13.3. The second kappa shape index (κ2) is 5.68. The maximum Gasteiger partial charge on any atom is 0.0693 e. The third kappa shape index (κ3) is 3.01. The van der Waals surface area contributed by atoms with Gasteiger partial charge >= 0.3 is 0 Å². The lowest BCUT2D eigenvalue weighted by Crippen LogP contribution is -2.45. The molecule has 2 aliphatic rings. The zero-order valence-corrected chi connectivity index (χ0v) is 11.8. The van der Waals surface area contributed by atoms with E-state index in [4.69, 9.17) is 4.74 Å². The zero-order valence-electron chi connectivity index (χ0n) is 11.8. The molecule has 0 aromatic heterocycles. The third-order valence-corrected chi connectivity index (χ3v) is 5.00. The molecule has 3 nitrogen and oxygen atoms in total. The molecule has 4 unspecified atom stereocenters. The van der Waals surface area contributed by atoms with Gasteiger partial charge < -0.3 is 15.0 Å². The van der Waals surface area contributed by atoms with Gasteiger partial charge in [0.2, 0.25) is 0 Å². The van der Waals surface area contributed by atoms with Gasteiger partial charge in [0.15, 0.2) is 0 Å². The molecular formula is C14H28N2O. The van der Waals surface area contributed by atoms with Gasteiger partial charge in [-0.25, -0.2) is 0 Å². The van der Waals surface area contributed by atoms with Gasteiger partial charge in [-0.1, -0.05) is 0 Å². The number of methoxy groups -OCH3 is 1. The summed E-state index contributed by atoms with van der Waals surface area (Å²) in [5.74, 6) is 0.871. The summed E-state index contributed by atoms with van der Waals surface area (Å²) in [5.41, 5.74) is 0. The van der Waals surface area contributed by atoms with Crippen molar-refractivity contribution in [2.45, 2.75) is 63.8 Å². The SMILES string of the molecule is COC(C)C(C)NCC1CC2CCC(C1)N2C. The van der Waals surface area contributed by atoms with Gasteiger partial charge in [0, 0.05) is 25.2 Å². The van der Waals surface area contributed by atoms with Crippen LogP contribution in [0.3, 0.4) is 0 Å². The number of nitrogens with zero attached hydrogens (tertiary/aromatic N) is 1. The molecule has 2 heterocycles. The van der Waals surface area contributed by atoms with E-state index in [-0.39, 0.29) is 0 Å². The van der Waals surface area contributed by atoms with Crippen LogP contribution in [0.1, 0.15) is 39.5 Å². The van der Waals surface area contributed by atoms with Crippen molar-refractivity contribution in [2.75, 3.05) is 20.7 Å².